The summed E-state index contributed by atoms with van der Waals surface area (Å²) in [5.74, 6) is -0.312. The lowest BCUT2D eigenvalue weighted by Gasteiger charge is -2.26. The van der Waals surface area contributed by atoms with Gasteiger partial charge >= 0.3 is 0 Å². The van der Waals surface area contributed by atoms with Gasteiger partial charge in [-0.2, -0.15) is 0 Å². The molecule has 0 aliphatic carbocycles. The van der Waals surface area contributed by atoms with Gasteiger partial charge in [0.2, 0.25) is 5.91 Å². The van der Waals surface area contributed by atoms with Crippen molar-refractivity contribution in [2.45, 2.75) is 52.2 Å². The third kappa shape index (κ3) is 4.62. The van der Waals surface area contributed by atoms with Crippen LogP contribution < -0.4 is 11.1 Å². The molecule has 2 atom stereocenters. The summed E-state index contributed by atoms with van der Waals surface area (Å²) in [6, 6.07) is -0.165. The summed E-state index contributed by atoms with van der Waals surface area (Å²) in [6.45, 7) is 7.71. The monoisotopic (exact) mass is 216 g/mol. The second kappa shape index (κ2) is 6.08. The number of nitrogens with two attached hydrogens (primary N) is 1. The molecule has 0 aromatic carbocycles. The normalized spacial score (nSPS) is 15.9. The van der Waals surface area contributed by atoms with Crippen LogP contribution in [0.15, 0.2) is 0 Å². The van der Waals surface area contributed by atoms with E-state index in [1.165, 1.54) is 0 Å². The van der Waals surface area contributed by atoms with Crippen LogP contribution in [0, 0.1) is 5.92 Å². The first kappa shape index (κ1) is 14.4. The van der Waals surface area contributed by atoms with Gasteiger partial charge in [0, 0.05) is 18.5 Å². The first-order valence-electron chi connectivity index (χ1n) is 5.62. The van der Waals surface area contributed by atoms with Gasteiger partial charge in [0.25, 0.3) is 0 Å². The van der Waals surface area contributed by atoms with Gasteiger partial charge in [0.15, 0.2) is 0 Å². The molecule has 90 valence electrons. The molecule has 0 aromatic rings. The Morgan fingerprint density at radius 2 is 1.87 bits per heavy atom. The van der Waals surface area contributed by atoms with Gasteiger partial charge in [-0.3, -0.25) is 4.79 Å². The molecule has 0 rings (SSSR count). The van der Waals surface area contributed by atoms with Gasteiger partial charge in [-0.15, -0.1) is 0 Å². The molecule has 1 amide bonds. The number of nitrogens with one attached hydrogen (secondary N) is 1. The van der Waals surface area contributed by atoms with E-state index in [1.807, 2.05) is 13.8 Å². The van der Waals surface area contributed by atoms with Crippen LogP contribution in [0.3, 0.4) is 0 Å². The Balaban J connectivity index is 4.10. The zero-order valence-electron chi connectivity index (χ0n) is 10.2. The number of aliphatic hydroxyl groups is 1. The van der Waals surface area contributed by atoms with Crippen molar-refractivity contribution in [1.82, 2.24) is 5.32 Å². The summed E-state index contributed by atoms with van der Waals surface area (Å²) in [5.41, 5.74) is 4.83. The molecular weight excluding hydrogens is 192 g/mol. The van der Waals surface area contributed by atoms with E-state index in [0.717, 1.165) is 0 Å². The summed E-state index contributed by atoms with van der Waals surface area (Å²) < 4.78 is 0. The molecule has 0 spiro atoms. The number of hydrogen-bond donors (Lipinski definition) is 3. The number of carbonyl (C=O) groups excluding carboxylic acids is 1. The van der Waals surface area contributed by atoms with E-state index < -0.39 is 5.60 Å². The summed E-state index contributed by atoms with van der Waals surface area (Å²) in [5, 5.41) is 12.7. The van der Waals surface area contributed by atoms with Gasteiger partial charge in [-0.25, -0.2) is 0 Å². The van der Waals surface area contributed by atoms with E-state index in [1.54, 1.807) is 13.8 Å². The molecule has 0 aromatic heterocycles. The highest BCUT2D eigenvalue weighted by atomic mass is 16.3. The third-order valence-electron chi connectivity index (χ3n) is 3.11. The topological polar surface area (TPSA) is 75.3 Å². The smallest absolute Gasteiger partial charge is 0.224 e. The molecule has 0 radical (unpaired) electrons. The van der Waals surface area contributed by atoms with Gasteiger partial charge in [0.1, 0.15) is 0 Å². The number of rotatable bonds is 6. The molecule has 4 nitrogen and oxygen atoms in total. The zero-order valence-corrected chi connectivity index (χ0v) is 10.2. The van der Waals surface area contributed by atoms with Crippen LogP contribution in [0.2, 0.25) is 0 Å². The fraction of sp³-hybridized carbons (Fsp3) is 0.909. The fourth-order valence-electron chi connectivity index (χ4n) is 1.15. The van der Waals surface area contributed by atoms with E-state index in [0.29, 0.717) is 19.4 Å². The molecule has 0 heterocycles. The molecule has 0 aliphatic heterocycles. The van der Waals surface area contributed by atoms with Crippen molar-refractivity contribution in [3.05, 3.63) is 0 Å². The predicted octanol–water partition coefficient (Wildman–Crippen LogP) is 0.637. The fourth-order valence-corrected chi connectivity index (χ4v) is 1.15. The van der Waals surface area contributed by atoms with Gasteiger partial charge in [-0.1, -0.05) is 20.8 Å². The number of carbonyl (C=O) groups is 1. The first-order valence-corrected chi connectivity index (χ1v) is 5.62. The van der Waals surface area contributed by atoms with Gasteiger partial charge in [-0.05, 0) is 19.8 Å². The molecule has 15 heavy (non-hydrogen) atoms. The van der Waals surface area contributed by atoms with E-state index >= 15 is 0 Å². The second-order valence-corrected chi connectivity index (χ2v) is 4.30. The van der Waals surface area contributed by atoms with Gasteiger partial charge < -0.3 is 16.2 Å². The third-order valence-corrected chi connectivity index (χ3v) is 3.11. The number of hydrogen-bond acceptors (Lipinski definition) is 3. The Hall–Kier alpha value is -0.610. The highest BCUT2D eigenvalue weighted by Gasteiger charge is 2.24. The minimum atomic E-state index is -0.785. The minimum absolute atomic E-state index is 0.0923. The molecular formula is C11H24N2O2. The summed E-state index contributed by atoms with van der Waals surface area (Å²) in [4.78, 5) is 11.6. The van der Waals surface area contributed by atoms with Crippen LogP contribution >= 0.6 is 0 Å². The minimum Gasteiger partial charge on any atom is -0.388 e. The molecule has 0 bridgehead atoms. The number of amides is 1. The maximum Gasteiger partial charge on any atom is 0.224 e. The van der Waals surface area contributed by atoms with Crippen molar-refractivity contribution < 1.29 is 9.90 Å². The van der Waals surface area contributed by atoms with Crippen LogP contribution in [0.4, 0.5) is 0 Å². The average Bonchev–Trinajstić information content (AvgIpc) is 2.24. The molecule has 0 saturated carbocycles. The Morgan fingerprint density at radius 1 is 1.40 bits per heavy atom. The lowest BCUT2D eigenvalue weighted by atomic mass is 9.96. The van der Waals surface area contributed by atoms with Crippen LogP contribution in [-0.2, 0) is 4.79 Å². The van der Waals surface area contributed by atoms with Crippen LogP contribution in [0.25, 0.3) is 0 Å². The summed E-state index contributed by atoms with van der Waals surface area (Å²) in [6.07, 6.45) is 1.27. The van der Waals surface area contributed by atoms with E-state index in [-0.39, 0.29) is 17.9 Å². The molecule has 0 saturated heterocycles. The van der Waals surface area contributed by atoms with Crippen molar-refractivity contribution in [3.63, 3.8) is 0 Å². The zero-order chi connectivity index (χ0) is 12.1. The Labute approximate surface area is 92.2 Å². The first-order chi connectivity index (χ1) is 6.86. The van der Waals surface area contributed by atoms with Crippen molar-refractivity contribution in [3.8, 4) is 0 Å². The quantitative estimate of drug-likeness (QED) is 0.610. The lowest BCUT2D eigenvalue weighted by molar-refractivity contribution is -0.126. The van der Waals surface area contributed by atoms with E-state index in [9.17, 15) is 9.90 Å². The predicted molar refractivity (Wildman–Crippen MR) is 61.4 cm³/mol. The molecule has 2 unspecified atom stereocenters. The van der Waals surface area contributed by atoms with Gasteiger partial charge in [0.05, 0.1) is 5.60 Å². The van der Waals surface area contributed by atoms with Crippen molar-refractivity contribution in [1.29, 1.82) is 0 Å². The van der Waals surface area contributed by atoms with Crippen molar-refractivity contribution in [2.75, 3.05) is 6.54 Å². The maximum absolute atomic E-state index is 11.6. The Bertz CT molecular complexity index is 201. The maximum atomic E-state index is 11.6. The van der Waals surface area contributed by atoms with Crippen molar-refractivity contribution in [2.24, 2.45) is 11.7 Å². The Kier molecular flexibility index (Phi) is 5.83. The highest BCUT2D eigenvalue weighted by Crippen LogP contribution is 2.13. The van der Waals surface area contributed by atoms with Crippen molar-refractivity contribution >= 4 is 5.91 Å². The summed E-state index contributed by atoms with van der Waals surface area (Å²) >= 11 is 0. The highest BCUT2D eigenvalue weighted by molar-refractivity contribution is 5.78. The lowest BCUT2D eigenvalue weighted by Crippen LogP contribution is -2.46. The summed E-state index contributed by atoms with van der Waals surface area (Å²) in [7, 11) is 0. The molecule has 0 aliphatic rings. The van der Waals surface area contributed by atoms with Crippen LogP contribution in [-0.4, -0.2) is 29.2 Å². The van der Waals surface area contributed by atoms with Crippen LogP contribution in [0.5, 0.6) is 0 Å². The molecule has 0 fully saturated rings. The van der Waals surface area contributed by atoms with E-state index in [4.69, 9.17) is 5.73 Å². The van der Waals surface area contributed by atoms with E-state index in [2.05, 4.69) is 5.32 Å². The van der Waals surface area contributed by atoms with Crippen LogP contribution in [0.1, 0.15) is 40.5 Å². The SMILES string of the molecule is CCC(O)(CC)CNC(=O)C(C)C(C)N. The molecule has 4 heteroatoms. The average molecular weight is 216 g/mol. The Morgan fingerprint density at radius 3 is 2.20 bits per heavy atom. The standard InChI is InChI=1S/C11H24N2O2/c1-5-11(15,6-2)7-13-10(14)8(3)9(4)12/h8-9,15H,5-7,12H2,1-4H3,(H,13,14). The largest absolute Gasteiger partial charge is 0.388 e. The second-order valence-electron chi connectivity index (χ2n) is 4.30. The molecule has 4 N–H and O–H groups in total.